The van der Waals surface area contributed by atoms with Gasteiger partial charge in [0.25, 0.3) is 5.56 Å². The lowest BCUT2D eigenvalue weighted by molar-refractivity contribution is -0.114. The molecule has 1 aromatic carbocycles. The summed E-state index contributed by atoms with van der Waals surface area (Å²) in [6.07, 6.45) is 0. The van der Waals surface area contributed by atoms with Crippen LogP contribution in [0.4, 0.5) is 5.95 Å². The van der Waals surface area contributed by atoms with Crippen LogP contribution >= 0.6 is 0 Å². The van der Waals surface area contributed by atoms with Gasteiger partial charge in [0.05, 0.1) is 0 Å². The SMILES string of the molecule is CC(=O)Nc1nc2nc(C)n(Cc3ccccc3)c2c(=O)[nH]1. The highest BCUT2D eigenvalue weighted by atomic mass is 16.1. The van der Waals surface area contributed by atoms with Gasteiger partial charge in [-0.25, -0.2) is 4.98 Å². The fraction of sp³-hybridized carbons (Fsp3) is 0.200. The van der Waals surface area contributed by atoms with Gasteiger partial charge in [-0.2, -0.15) is 4.98 Å². The Morgan fingerprint density at radius 1 is 1.27 bits per heavy atom. The Balaban J connectivity index is 2.10. The second-order valence-electron chi connectivity index (χ2n) is 5.00. The molecule has 0 aliphatic rings. The first kappa shape index (κ1) is 14.0. The van der Waals surface area contributed by atoms with Gasteiger partial charge in [0.2, 0.25) is 11.9 Å². The van der Waals surface area contributed by atoms with Gasteiger partial charge in [0.1, 0.15) is 5.82 Å². The maximum atomic E-state index is 12.3. The summed E-state index contributed by atoms with van der Waals surface area (Å²) in [4.78, 5) is 34.4. The van der Waals surface area contributed by atoms with Gasteiger partial charge in [0.15, 0.2) is 11.2 Å². The molecule has 0 aliphatic heterocycles. The highest BCUT2D eigenvalue weighted by Crippen LogP contribution is 2.14. The number of aromatic nitrogens is 4. The molecule has 0 spiro atoms. The minimum atomic E-state index is -0.328. The first-order chi connectivity index (χ1) is 10.5. The number of nitrogens with zero attached hydrogens (tertiary/aromatic N) is 3. The molecular formula is C15H15N5O2. The van der Waals surface area contributed by atoms with Crippen LogP contribution < -0.4 is 10.9 Å². The zero-order valence-electron chi connectivity index (χ0n) is 12.3. The van der Waals surface area contributed by atoms with Crippen LogP contribution in [0.25, 0.3) is 11.2 Å². The van der Waals surface area contributed by atoms with Crippen molar-refractivity contribution in [3.8, 4) is 0 Å². The van der Waals surface area contributed by atoms with Crippen LogP contribution in [0.3, 0.4) is 0 Å². The Bertz CT molecular complexity index is 895. The summed E-state index contributed by atoms with van der Waals surface area (Å²) in [6.45, 7) is 3.71. The molecule has 0 unspecified atom stereocenters. The quantitative estimate of drug-likeness (QED) is 0.765. The Kier molecular flexibility index (Phi) is 3.46. The van der Waals surface area contributed by atoms with Crippen molar-refractivity contribution in [2.45, 2.75) is 20.4 Å². The van der Waals surface area contributed by atoms with E-state index in [1.807, 2.05) is 41.8 Å². The molecule has 2 aromatic heterocycles. The summed E-state index contributed by atoms with van der Waals surface area (Å²) in [7, 11) is 0. The molecule has 3 rings (SSSR count). The van der Waals surface area contributed by atoms with Gasteiger partial charge in [-0.15, -0.1) is 0 Å². The molecule has 3 aromatic rings. The Morgan fingerprint density at radius 2 is 2.00 bits per heavy atom. The van der Waals surface area contributed by atoms with E-state index < -0.39 is 0 Å². The standard InChI is InChI=1S/C15H15N5O2/c1-9-16-13-12(14(22)19-15(18-13)17-10(2)21)20(9)8-11-6-4-3-5-7-11/h3-7H,8H2,1-2H3,(H2,17,18,19,21,22). The average Bonchev–Trinajstić information content (AvgIpc) is 2.75. The largest absolute Gasteiger partial charge is 0.318 e. The number of benzene rings is 1. The van der Waals surface area contributed by atoms with Crippen molar-refractivity contribution < 1.29 is 4.79 Å². The average molecular weight is 297 g/mol. The second-order valence-corrected chi connectivity index (χ2v) is 5.00. The summed E-state index contributed by atoms with van der Waals surface area (Å²) >= 11 is 0. The third kappa shape index (κ3) is 2.60. The zero-order chi connectivity index (χ0) is 15.7. The predicted octanol–water partition coefficient (Wildman–Crippen LogP) is 1.43. The summed E-state index contributed by atoms with van der Waals surface area (Å²) in [5.41, 5.74) is 1.46. The number of amides is 1. The van der Waals surface area contributed by atoms with E-state index >= 15 is 0 Å². The number of carbonyl (C=O) groups excluding carboxylic acids is 1. The number of hydrogen-bond acceptors (Lipinski definition) is 4. The van der Waals surface area contributed by atoms with E-state index in [1.54, 1.807) is 0 Å². The van der Waals surface area contributed by atoms with Gasteiger partial charge in [-0.05, 0) is 12.5 Å². The van der Waals surface area contributed by atoms with Crippen molar-refractivity contribution in [1.82, 2.24) is 19.5 Å². The first-order valence-corrected chi connectivity index (χ1v) is 6.83. The Hall–Kier alpha value is -2.96. The van der Waals surface area contributed by atoms with E-state index in [0.717, 1.165) is 5.56 Å². The zero-order valence-corrected chi connectivity index (χ0v) is 12.3. The normalized spacial score (nSPS) is 10.8. The molecule has 0 saturated heterocycles. The summed E-state index contributed by atoms with van der Waals surface area (Å²) in [5.74, 6) is 0.495. The highest BCUT2D eigenvalue weighted by Gasteiger charge is 2.14. The van der Waals surface area contributed by atoms with Crippen molar-refractivity contribution in [3.63, 3.8) is 0 Å². The molecule has 2 heterocycles. The smallest absolute Gasteiger partial charge is 0.278 e. The maximum Gasteiger partial charge on any atom is 0.278 e. The second kappa shape index (κ2) is 5.44. The Labute approximate surface area is 126 Å². The van der Waals surface area contributed by atoms with E-state index in [-0.39, 0.29) is 17.4 Å². The van der Waals surface area contributed by atoms with Crippen LogP contribution in [0, 0.1) is 6.92 Å². The molecule has 0 bridgehead atoms. The molecule has 7 heteroatoms. The maximum absolute atomic E-state index is 12.3. The highest BCUT2D eigenvalue weighted by molar-refractivity contribution is 5.87. The number of fused-ring (bicyclic) bond motifs is 1. The molecule has 0 aliphatic carbocycles. The topological polar surface area (TPSA) is 92.7 Å². The van der Waals surface area contributed by atoms with E-state index in [4.69, 9.17) is 0 Å². The number of aromatic amines is 1. The van der Waals surface area contributed by atoms with Gasteiger partial charge in [-0.3, -0.25) is 19.9 Å². The van der Waals surface area contributed by atoms with Crippen molar-refractivity contribution in [2.75, 3.05) is 5.32 Å². The molecule has 0 radical (unpaired) electrons. The predicted molar refractivity (Wildman–Crippen MR) is 82.7 cm³/mol. The minimum absolute atomic E-state index is 0.106. The number of aryl methyl sites for hydroxylation is 1. The van der Waals surface area contributed by atoms with E-state index in [2.05, 4.69) is 20.3 Å². The number of rotatable bonds is 3. The van der Waals surface area contributed by atoms with E-state index in [9.17, 15) is 9.59 Å². The van der Waals surface area contributed by atoms with E-state index in [1.165, 1.54) is 6.92 Å². The monoisotopic (exact) mass is 297 g/mol. The van der Waals surface area contributed by atoms with Crippen LogP contribution in [-0.2, 0) is 11.3 Å². The number of anilines is 1. The lowest BCUT2D eigenvalue weighted by Gasteiger charge is -2.06. The molecule has 0 atom stereocenters. The van der Waals surface area contributed by atoms with Crippen LogP contribution in [0.5, 0.6) is 0 Å². The Morgan fingerprint density at radius 3 is 2.68 bits per heavy atom. The van der Waals surface area contributed by atoms with Crippen LogP contribution in [0.1, 0.15) is 18.3 Å². The van der Waals surface area contributed by atoms with E-state index in [0.29, 0.717) is 23.5 Å². The van der Waals surface area contributed by atoms with Gasteiger partial charge < -0.3 is 4.57 Å². The van der Waals surface area contributed by atoms with Gasteiger partial charge in [-0.1, -0.05) is 30.3 Å². The van der Waals surface area contributed by atoms with Crippen molar-refractivity contribution in [3.05, 3.63) is 52.1 Å². The van der Waals surface area contributed by atoms with Crippen LogP contribution in [-0.4, -0.2) is 25.4 Å². The number of imidazole rings is 1. The number of carbonyl (C=O) groups is 1. The first-order valence-electron chi connectivity index (χ1n) is 6.83. The fourth-order valence-corrected chi connectivity index (χ4v) is 2.34. The minimum Gasteiger partial charge on any atom is -0.318 e. The molecule has 112 valence electrons. The van der Waals surface area contributed by atoms with Gasteiger partial charge in [0, 0.05) is 13.5 Å². The molecule has 0 fully saturated rings. The van der Waals surface area contributed by atoms with Crippen molar-refractivity contribution in [1.29, 1.82) is 0 Å². The van der Waals surface area contributed by atoms with Crippen LogP contribution in [0.15, 0.2) is 35.1 Å². The lowest BCUT2D eigenvalue weighted by Crippen LogP contribution is -2.18. The number of nitrogens with one attached hydrogen (secondary N) is 2. The molecule has 0 saturated carbocycles. The van der Waals surface area contributed by atoms with Crippen LogP contribution in [0.2, 0.25) is 0 Å². The molecule has 1 amide bonds. The van der Waals surface area contributed by atoms with Crippen molar-refractivity contribution in [2.24, 2.45) is 0 Å². The third-order valence-electron chi connectivity index (χ3n) is 3.28. The molecule has 2 N–H and O–H groups in total. The lowest BCUT2D eigenvalue weighted by atomic mass is 10.2. The molecule has 7 nitrogen and oxygen atoms in total. The fourth-order valence-electron chi connectivity index (χ4n) is 2.34. The summed E-state index contributed by atoms with van der Waals surface area (Å²) < 4.78 is 1.81. The molecular weight excluding hydrogens is 282 g/mol. The summed E-state index contributed by atoms with van der Waals surface area (Å²) in [5, 5.41) is 2.46. The van der Waals surface area contributed by atoms with Crippen molar-refractivity contribution >= 4 is 23.0 Å². The number of hydrogen-bond donors (Lipinski definition) is 2. The third-order valence-corrected chi connectivity index (χ3v) is 3.28. The summed E-state index contributed by atoms with van der Waals surface area (Å²) in [6, 6.07) is 9.80. The molecule has 22 heavy (non-hydrogen) atoms. The number of H-pyrrole nitrogens is 1. The van der Waals surface area contributed by atoms with Gasteiger partial charge >= 0.3 is 0 Å².